The largest absolute Gasteiger partial charge is 0.480 e. The molecular weight excluding hydrogens is 204 g/mol. The van der Waals surface area contributed by atoms with Crippen LogP contribution in [0, 0.1) is 0 Å². The van der Waals surface area contributed by atoms with Crippen molar-refractivity contribution in [2.45, 2.75) is 45.2 Å². The molecule has 0 radical (unpaired) electrons. The van der Waals surface area contributed by atoms with E-state index in [-0.39, 0.29) is 6.04 Å². The Hall–Kier alpha value is -0.610. The lowest BCUT2D eigenvalue weighted by Gasteiger charge is -2.30. The molecule has 1 fully saturated rings. The van der Waals surface area contributed by atoms with Crippen LogP contribution < -0.4 is 0 Å². The predicted molar refractivity (Wildman–Crippen MR) is 64.6 cm³/mol. The second-order valence-corrected chi connectivity index (χ2v) is 4.63. The molecule has 4 heteroatoms. The first-order valence-corrected chi connectivity index (χ1v) is 6.27. The summed E-state index contributed by atoms with van der Waals surface area (Å²) >= 11 is 0. The third-order valence-corrected chi connectivity index (χ3v) is 3.61. The van der Waals surface area contributed by atoms with Crippen molar-refractivity contribution in [1.82, 2.24) is 9.80 Å². The highest BCUT2D eigenvalue weighted by Crippen LogP contribution is 2.18. The maximum absolute atomic E-state index is 11.0. The quantitative estimate of drug-likeness (QED) is 0.743. The monoisotopic (exact) mass is 228 g/mol. The standard InChI is InChI=1S/C12H24N2O2/c1-4-11(12(15)16)13(3)9-10-7-6-8-14(10)5-2/h10-11H,4-9H2,1-3H3,(H,15,16). The van der Waals surface area contributed by atoms with Crippen LogP contribution in [0.4, 0.5) is 0 Å². The van der Waals surface area contributed by atoms with Crippen molar-refractivity contribution in [1.29, 1.82) is 0 Å². The minimum absolute atomic E-state index is 0.334. The number of carboxylic acids is 1. The van der Waals surface area contributed by atoms with Crippen LogP contribution in [-0.2, 0) is 4.79 Å². The molecule has 1 N–H and O–H groups in total. The molecule has 1 rings (SSSR count). The van der Waals surface area contributed by atoms with Crippen molar-refractivity contribution >= 4 is 5.97 Å². The van der Waals surface area contributed by atoms with E-state index in [1.807, 2.05) is 18.9 Å². The van der Waals surface area contributed by atoms with Gasteiger partial charge in [0.25, 0.3) is 0 Å². The fraction of sp³-hybridized carbons (Fsp3) is 0.917. The molecule has 0 bridgehead atoms. The molecule has 0 aromatic rings. The summed E-state index contributed by atoms with van der Waals surface area (Å²) in [6, 6.07) is 0.211. The van der Waals surface area contributed by atoms with Gasteiger partial charge in [-0.05, 0) is 39.4 Å². The second kappa shape index (κ2) is 6.21. The average molecular weight is 228 g/mol. The summed E-state index contributed by atoms with van der Waals surface area (Å²) in [5.74, 6) is -0.703. The van der Waals surface area contributed by atoms with Gasteiger partial charge in [-0.3, -0.25) is 14.6 Å². The molecule has 1 aliphatic heterocycles. The maximum Gasteiger partial charge on any atom is 0.320 e. The van der Waals surface area contributed by atoms with Gasteiger partial charge in [-0.1, -0.05) is 13.8 Å². The van der Waals surface area contributed by atoms with Crippen LogP contribution in [0.3, 0.4) is 0 Å². The molecule has 0 spiro atoms. The SMILES string of the molecule is CCC(C(=O)O)N(C)CC1CCCN1CC. The molecule has 0 amide bonds. The lowest BCUT2D eigenvalue weighted by atomic mass is 10.1. The third kappa shape index (κ3) is 3.19. The number of carbonyl (C=O) groups is 1. The van der Waals surface area contributed by atoms with Gasteiger partial charge in [-0.2, -0.15) is 0 Å². The summed E-state index contributed by atoms with van der Waals surface area (Å²) < 4.78 is 0. The van der Waals surface area contributed by atoms with E-state index in [2.05, 4.69) is 11.8 Å². The first-order chi connectivity index (χ1) is 7.60. The van der Waals surface area contributed by atoms with Crippen molar-refractivity contribution in [2.75, 3.05) is 26.7 Å². The minimum Gasteiger partial charge on any atom is -0.480 e. The highest BCUT2D eigenvalue weighted by Gasteiger charge is 2.28. The Morgan fingerprint density at radius 2 is 2.25 bits per heavy atom. The Labute approximate surface area is 98.2 Å². The number of hydrogen-bond donors (Lipinski definition) is 1. The third-order valence-electron chi connectivity index (χ3n) is 3.61. The zero-order chi connectivity index (χ0) is 12.1. The van der Waals surface area contributed by atoms with E-state index >= 15 is 0 Å². The van der Waals surface area contributed by atoms with E-state index in [9.17, 15) is 4.79 Å². The number of rotatable bonds is 6. The summed E-state index contributed by atoms with van der Waals surface area (Å²) in [6.07, 6.45) is 3.12. The summed E-state index contributed by atoms with van der Waals surface area (Å²) in [5, 5.41) is 9.09. The van der Waals surface area contributed by atoms with Crippen molar-refractivity contribution < 1.29 is 9.90 Å². The Kier molecular flexibility index (Phi) is 5.22. The van der Waals surface area contributed by atoms with Gasteiger partial charge in [-0.15, -0.1) is 0 Å². The molecule has 94 valence electrons. The molecule has 2 atom stereocenters. The van der Waals surface area contributed by atoms with E-state index in [0.717, 1.165) is 13.1 Å². The first kappa shape index (κ1) is 13.5. The van der Waals surface area contributed by atoms with E-state index < -0.39 is 5.97 Å². The van der Waals surface area contributed by atoms with Crippen molar-refractivity contribution in [3.63, 3.8) is 0 Å². The first-order valence-electron chi connectivity index (χ1n) is 6.27. The molecule has 1 saturated heterocycles. The zero-order valence-corrected chi connectivity index (χ0v) is 10.6. The van der Waals surface area contributed by atoms with Crippen molar-refractivity contribution in [3.05, 3.63) is 0 Å². The highest BCUT2D eigenvalue weighted by molar-refractivity contribution is 5.73. The molecule has 2 unspecified atom stereocenters. The number of aliphatic carboxylic acids is 1. The van der Waals surface area contributed by atoms with Crippen LogP contribution >= 0.6 is 0 Å². The van der Waals surface area contributed by atoms with Crippen LogP contribution in [-0.4, -0.2) is 59.6 Å². The highest BCUT2D eigenvalue weighted by atomic mass is 16.4. The summed E-state index contributed by atoms with van der Waals surface area (Å²) in [6.45, 7) is 7.22. The predicted octanol–water partition coefficient (Wildman–Crippen LogP) is 1.27. The van der Waals surface area contributed by atoms with Crippen molar-refractivity contribution in [2.24, 2.45) is 0 Å². The number of likely N-dealkylation sites (N-methyl/N-ethyl adjacent to an activating group) is 2. The topological polar surface area (TPSA) is 43.8 Å². The Bertz CT molecular complexity index is 233. The van der Waals surface area contributed by atoms with Gasteiger partial charge in [0.15, 0.2) is 0 Å². The van der Waals surface area contributed by atoms with E-state index in [1.165, 1.54) is 19.4 Å². The van der Waals surface area contributed by atoms with Gasteiger partial charge in [0, 0.05) is 12.6 Å². The number of likely N-dealkylation sites (tertiary alicyclic amines) is 1. The molecule has 0 saturated carbocycles. The minimum atomic E-state index is -0.703. The molecule has 1 aliphatic rings. The second-order valence-electron chi connectivity index (χ2n) is 4.63. The van der Waals surface area contributed by atoms with Gasteiger partial charge < -0.3 is 5.11 Å². The fourth-order valence-electron chi connectivity index (χ4n) is 2.65. The van der Waals surface area contributed by atoms with Crippen LogP contribution in [0.25, 0.3) is 0 Å². The van der Waals surface area contributed by atoms with Crippen LogP contribution in [0.1, 0.15) is 33.1 Å². The zero-order valence-electron chi connectivity index (χ0n) is 10.6. The average Bonchev–Trinajstić information content (AvgIpc) is 2.65. The van der Waals surface area contributed by atoms with Gasteiger partial charge >= 0.3 is 5.97 Å². The Balaban J connectivity index is 2.49. The smallest absolute Gasteiger partial charge is 0.320 e. The van der Waals surface area contributed by atoms with E-state index in [0.29, 0.717) is 12.5 Å². The lowest BCUT2D eigenvalue weighted by molar-refractivity contribution is -0.143. The Morgan fingerprint density at radius 3 is 2.75 bits per heavy atom. The normalized spacial score (nSPS) is 23.9. The maximum atomic E-state index is 11.0. The van der Waals surface area contributed by atoms with Gasteiger partial charge in [0.2, 0.25) is 0 Å². The Morgan fingerprint density at radius 1 is 1.56 bits per heavy atom. The van der Waals surface area contributed by atoms with Crippen LogP contribution in [0.2, 0.25) is 0 Å². The van der Waals surface area contributed by atoms with Gasteiger partial charge in [0.1, 0.15) is 6.04 Å². The molecule has 4 nitrogen and oxygen atoms in total. The summed E-state index contributed by atoms with van der Waals surface area (Å²) in [7, 11) is 1.93. The number of hydrogen-bond acceptors (Lipinski definition) is 3. The van der Waals surface area contributed by atoms with Gasteiger partial charge in [-0.25, -0.2) is 0 Å². The molecule has 16 heavy (non-hydrogen) atoms. The van der Waals surface area contributed by atoms with Crippen LogP contribution in [0.15, 0.2) is 0 Å². The van der Waals surface area contributed by atoms with E-state index in [4.69, 9.17) is 5.11 Å². The lowest BCUT2D eigenvalue weighted by Crippen LogP contribution is -2.45. The molecular formula is C12H24N2O2. The summed E-state index contributed by atoms with van der Waals surface area (Å²) in [5.41, 5.74) is 0. The molecule has 0 aliphatic carbocycles. The van der Waals surface area contributed by atoms with Gasteiger partial charge in [0.05, 0.1) is 0 Å². The number of carboxylic acid groups (broad SMARTS) is 1. The summed E-state index contributed by atoms with van der Waals surface area (Å²) in [4.78, 5) is 15.5. The number of nitrogens with zero attached hydrogens (tertiary/aromatic N) is 2. The van der Waals surface area contributed by atoms with Crippen LogP contribution in [0.5, 0.6) is 0 Å². The molecule has 1 heterocycles. The fourth-order valence-corrected chi connectivity index (χ4v) is 2.65. The molecule has 0 aromatic heterocycles. The van der Waals surface area contributed by atoms with Crippen molar-refractivity contribution in [3.8, 4) is 0 Å². The molecule has 0 aromatic carbocycles. The van der Waals surface area contributed by atoms with E-state index in [1.54, 1.807) is 0 Å².